The van der Waals surface area contributed by atoms with E-state index in [4.69, 9.17) is 24.1 Å². The quantitative estimate of drug-likeness (QED) is 0.369. The smallest absolute Gasteiger partial charge is 0.308 e. The lowest BCUT2D eigenvalue weighted by atomic mass is 10.2. The molecule has 25 heavy (non-hydrogen) atoms. The third-order valence-electron chi connectivity index (χ3n) is 2.75. The molecule has 0 unspecified atom stereocenters. The molecule has 0 heterocycles. The average molecular weight is 362 g/mol. The van der Waals surface area contributed by atoms with E-state index in [1.54, 1.807) is 0 Å². The Morgan fingerprint density at radius 1 is 0.760 bits per heavy atom. The van der Waals surface area contributed by atoms with E-state index in [-0.39, 0.29) is 51.0 Å². The zero-order valence-electron chi connectivity index (χ0n) is 15.4. The molecular weight excluding hydrogens is 332 g/mol. The molecule has 0 radical (unpaired) electrons. The Morgan fingerprint density at radius 2 is 1.32 bits per heavy atom. The molecule has 0 amide bonds. The summed E-state index contributed by atoms with van der Waals surface area (Å²) in [4.78, 5) is 33.0. The van der Waals surface area contributed by atoms with Crippen LogP contribution >= 0.6 is 0 Å². The van der Waals surface area contributed by atoms with E-state index >= 15 is 0 Å². The van der Waals surface area contributed by atoms with Gasteiger partial charge in [0.25, 0.3) is 0 Å². The van der Waals surface area contributed by atoms with E-state index in [0.717, 1.165) is 0 Å². The molecule has 0 saturated heterocycles. The minimum Gasteiger partial charge on any atom is -0.481 e. The second kappa shape index (κ2) is 13.6. The Balaban J connectivity index is 3.34. The minimum absolute atomic E-state index is 0.0598. The van der Waals surface area contributed by atoms with Gasteiger partial charge in [-0.3, -0.25) is 14.4 Å². The van der Waals surface area contributed by atoms with E-state index < -0.39 is 11.6 Å². The Kier molecular flexibility index (Phi) is 12.7. The van der Waals surface area contributed by atoms with Gasteiger partial charge in [0.15, 0.2) is 0 Å². The largest absolute Gasteiger partial charge is 0.481 e. The molecule has 0 aliphatic heterocycles. The number of hydrogen-bond acceptors (Lipinski definition) is 7. The number of unbranched alkanes of at least 4 members (excludes halogenated alkanes) is 1. The predicted octanol–water partition coefficient (Wildman–Crippen LogP) is 1.94. The second-order valence-corrected chi connectivity index (χ2v) is 6.38. The van der Waals surface area contributed by atoms with Gasteiger partial charge in [-0.15, -0.1) is 0 Å². The lowest BCUT2D eigenvalue weighted by Gasteiger charge is -2.19. The molecule has 0 saturated carbocycles. The van der Waals surface area contributed by atoms with Gasteiger partial charge in [0.2, 0.25) is 0 Å². The number of carbonyl (C=O) groups is 3. The fourth-order valence-electron chi connectivity index (χ4n) is 1.70. The fraction of sp³-hybridized carbons (Fsp3) is 0.824. The monoisotopic (exact) mass is 362 g/mol. The van der Waals surface area contributed by atoms with Crippen LogP contribution in [0, 0.1) is 0 Å². The van der Waals surface area contributed by atoms with Crippen LogP contribution in [0.3, 0.4) is 0 Å². The molecule has 0 bridgehead atoms. The van der Waals surface area contributed by atoms with Crippen LogP contribution in [0.25, 0.3) is 0 Å². The summed E-state index contributed by atoms with van der Waals surface area (Å²) in [5.41, 5.74) is -0.492. The van der Waals surface area contributed by atoms with Crippen molar-refractivity contribution in [3.05, 3.63) is 0 Å². The molecule has 8 heteroatoms. The van der Waals surface area contributed by atoms with E-state index in [1.807, 2.05) is 20.8 Å². The molecule has 1 N–H and O–H groups in total. The van der Waals surface area contributed by atoms with Gasteiger partial charge >= 0.3 is 17.9 Å². The highest BCUT2D eigenvalue weighted by molar-refractivity contribution is 5.70. The van der Waals surface area contributed by atoms with Crippen molar-refractivity contribution in [3.63, 3.8) is 0 Å². The van der Waals surface area contributed by atoms with Crippen molar-refractivity contribution in [3.8, 4) is 0 Å². The summed E-state index contributed by atoms with van der Waals surface area (Å²) >= 11 is 0. The topological polar surface area (TPSA) is 108 Å². The maximum absolute atomic E-state index is 11.4. The first-order valence-electron chi connectivity index (χ1n) is 8.45. The van der Waals surface area contributed by atoms with Crippen molar-refractivity contribution in [2.24, 2.45) is 0 Å². The van der Waals surface area contributed by atoms with Gasteiger partial charge in [-0.25, -0.2) is 0 Å². The van der Waals surface area contributed by atoms with Gasteiger partial charge in [-0.1, -0.05) is 0 Å². The molecule has 0 rings (SSSR count). The minimum atomic E-state index is -0.866. The summed E-state index contributed by atoms with van der Waals surface area (Å²) in [7, 11) is 0. The van der Waals surface area contributed by atoms with Crippen LogP contribution in [0.1, 0.15) is 52.9 Å². The summed E-state index contributed by atoms with van der Waals surface area (Å²) in [5.74, 6) is -1.53. The van der Waals surface area contributed by atoms with Crippen molar-refractivity contribution in [1.29, 1.82) is 0 Å². The standard InChI is InChI=1S/C17H30O8/c1-17(2,3)25-16(21)8-9-22-10-11-23-12-13-24-15(20)7-5-4-6-14(18)19/h4-13H2,1-3H3,(H,18,19). The van der Waals surface area contributed by atoms with Gasteiger partial charge in [0.1, 0.15) is 12.2 Å². The highest BCUT2D eigenvalue weighted by Crippen LogP contribution is 2.08. The fourth-order valence-corrected chi connectivity index (χ4v) is 1.70. The van der Waals surface area contributed by atoms with Gasteiger partial charge in [-0.2, -0.15) is 0 Å². The molecule has 8 nitrogen and oxygen atoms in total. The third-order valence-corrected chi connectivity index (χ3v) is 2.75. The predicted molar refractivity (Wildman–Crippen MR) is 89.2 cm³/mol. The van der Waals surface area contributed by atoms with Crippen LogP contribution in [0.5, 0.6) is 0 Å². The first-order valence-corrected chi connectivity index (χ1v) is 8.45. The summed E-state index contributed by atoms with van der Waals surface area (Å²) in [5, 5.41) is 8.46. The molecule has 0 aromatic carbocycles. The number of rotatable bonds is 14. The van der Waals surface area contributed by atoms with Gasteiger partial charge in [0, 0.05) is 12.8 Å². The SMILES string of the molecule is CC(C)(C)OC(=O)CCOCCOCCOC(=O)CCCCC(=O)O. The van der Waals surface area contributed by atoms with Gasteiger partial charge in [0.05, 0.1) is 32.8 Å². The van der Waals surface area contributed by atoms with Crippen molar-refractivity contribution in [2.45, 2.75) is 58.5 Å². The van der Waals surface area contributed by atoms with Crippen molar-refractivity contribution in [2.75, 3.05) is 33.0 Å². The highest BCUT2D eigenvalue weighted by atomic mass is 16.6. The van der Waals surface area contributed by atoms with Crippen LogP contribution in [0.15, 0.2) is 0 Å². The molecule has 0 aliphatic carbocycles. The molecule has 0 fully saturated rings. The van der Waals surface area contributed by atoms with Crippen molar-refractivity contribution >= 4 is 17.9 Å². The molecule has 0 aliphatic rings. The molecule has 146 valence electrons. The number of aliphatic carboxylic acids is 1. The van der Waals surface area contributed by atoms with Crippen LogP contribution in [-0.4, -0.2) is 61.6 Å². The highest BCUT2D eigenvalue weighted by Gasteiger charge is 2.15. The first kappa shape index (κ1) is 23.3. The van der Waals surface area contributed by atoms with Crippen LogP contribution in [0.4, 0.5) is 0 Å². The lowest BCUT2D eigenvalue weighted by Crippen LogP contribution is -2.24. The number of hydrogen-bond donors (Lipinski definition) is 1. The maximum atomic E-state index is 11.4. The molecule has 0 atom stereocenters. The number of carbonyl (C=O) groups excluding carboxylic acids is 2. The van der Waals surface area contributed by atoms with E-state index in [2.05, 4.69) is 0 Å². The zero-order chi connectivity index (χ0) is 19.1. The average Bonchev–Trinajstić information content (AvgIpc) is 2.48. The number of carboxylic acids is 1. The van der Waals surface area contributed by atoms with Crippen LogP contribution < -0.4 is 0 Å². The maximum Gasteiger partial charge on any atom is 0.308 e. The van der Waals surface area contributed by atoms with Crippen LogP contribution in [0.2, 0.25) is 0 Å². The molecule has 0 spiro atoms. The Bertz CT molecular complexity index is 400. The Morgan fingerprint density at radius 3 is 1.92 bits per heavy atom. The van der Waals surface area contributed by atoms with Crippen LogP contribution in [-0.2, 0) is 33.3 Å². The number of esters is 2. The van der Waals surface area contributed by atoms with Gasteiger partial charge in [-0.05, 0) is 33.6 Å². The van der Waals surface area contributed by atoms with E-state index in [1.165, 1.54) is 0 Å². The van der Waals surface area contributed by atoms with Gasteiger partial charge < -0.3 is 24.1 Å². The Hall–Kier alpha value is -1.67. The van der Waals surface area contributed by atoms with Crippen molar-refractivity contribution < 1.29 is 38.4 Å². The van der Waals surface area contributed by atoms with E-state index in [9.17, 15) is 14.4 Å². The normalized spacial score (nSPS) is 11.2. The summed E-state index contributed by atoms with van der Waals surface area (Å²) in [6.07, 6.45) is 1.42. The molecular formula is C17H30O8. The summed E-state index contributed by atoms with van der Waals surface area (Å²) in [6.45, 7) is 6.78. The van der Waals surface area contributed by atoms with E-state index in [0.29, 0.717) is 26.1 Å². The lowest BCUT2D eigenvalue weighted by molar-refractivity contribution is -0.156. The molecule has 0 aromatic rings. The Labute approximate surface area is 148 Å². The molecule has 0 aromatic heterocycles. The summed E-state index contributed by atoms with van der Waals surface area (Å²) < 4.78 is 20.6. The number of carboxylic acid groups (broad SMARTS) is 1. The summed E-state index contributed by atoms with van der Waals surface area (Å²) in [6, 6.07) is 0. The van der Waals surface area contributed by atoms with Crippen molar-refractivity contribution in [1.82, 2.24) is 0 Å². The zero-order valence-corrected chi connectivity index (χ0v) is 15.4. The number of ether oxygens (including phenoxy) is 4. The second-order valence-electron chi connectivity index (χ2n) is 6.38. The third kappa shape index (κ3) is 18.5. The first-order chi connectivity index (χ1) is 11.7.